The van der Waals surface area contributed by atoms with Gasteiger partial charge in [-0.3, -0.25) is 4.79 Å². The molecular formula is C28H27N4O2. The molecule has 2 aliphatic heterocycles. The number of hydrogen-bond acceptors (Lipinski definition) is 4. The van der Waals surface area contributed by atoms with Gasteiger partial charge in [0, 0.05) is 24.5 Å². The first-order valence-electron chi connectivity index (χ1n) is 11.8. The Balaban J connectivity index is 1.13. The van der Waals surface area contributed by atoms with Crippen LogP contribution in [-0.4, -0.2) is 34.9 Å². The number of fused-ring (bicyclic) bond motifs is 2. The summed E-state index contributed by atoms with van der Waals surface area (Å²) in [5.74, 6) is 0.808. The van der Waals surface area contributed by atoms with Crippen molar-refractivity contribution < 1.29 is 9.53 Å². The number of hydrogen-bond donors (Lipinski definition) is 2. The summed E-state index contributed by atoms with van der Waals surface area (Å²) in [7, 11) is 0. The molecule has 1 saturated heterocycles. The first-order chi connectivity index (χ1) is 16.8. The largest absolute Gasteiger partial charge is 0.487 e. The Labute approximate surface area is 199 Å². The van der Waals surface area contributed by atoms with Crippen LogP contribution in [0.1, 0.15) is 28.9 Å². The van der Waals surface area contributed by atoms with E-state index in [1.807, 2.05) is 65.6 Å². The third kappa shape index (κ3) is 3.85. The smallest absolute Gasteiger partial charge is 0.270 e. The van der Waals surface area contributed by atoms with E-state index in [-0.39, 0.29) is 5.91 Å². The number of likely N-dealkylation sites (tertiary alicyclic amines) is 1. The molecule has 0 spiro atoms. The van der Waals surface area contributed by atoms with Crippen molar-refractivity contribution in [3.05, 3.63) is 96.8 Å². The van der Waals surface area contributed by atoms with Gasteiger partial charge < -0.3 is 24.8 Å². The molecule has 6 nitrogen and oxygen atoms in total. The van der Waals surface area contributed by atoms with Crippen LogP contribution in [0.3, 0.4) is 0 Å². The second kappa shape index (κ2) is 8.78. The zero-order chi connectivity index (χ0) is 22.9. The number of aromatic amines is 1. The Bertz CT molecular complexity index is 1310. The van der Waals surface area contributed by atoms with E-state index in [2.05, 4.69) is 40.1 Å². The van der Waals surface area contributed by atoms with Gasteiger partial charge in [-0.05, 0) is 42.7 Å². The van der Waals surface area contributed by atoms with Crippen molar-refractivity contribution in [2.75, 3.05) is 23.3 Å². The van der Waals surface area contributed by atoms with E-state index in [0.29, 0.717) is 18.3 Å². The fourth-order valence-corrected chi connectivity index (χ4v) is 4.95. The van der Waals surface area contributed by atoms with Gasteiger partial charge in [0.05, 0.1) is 16.9 Å². The van der Waals surface area contributed by atoms with E-state index in [0.717, 1.165) is 53.8 Å². The van der Waals surface area contributed by atoms with Gasteiger partial charge in [0.15, 0.2) is 0 Å². The van der Waals surface area contributed by atoms with E-state index in [1.165, 1.54) is 5.69 Å². The Morgan fingerprint density at radius 1 is 0.941 bits per heavy atom. The lowest BCUT2D eigenvalue weighted by molar-refractivity contribution is 0.0709. The number of nitrogens with one attached hydrogen (secondary N) is 2. The second-order valence-corrected chi connectivity index (χ2v) is 8.90. The first kappa shape index (κ1) is 20.7. The van der Waals surface area contributed by atoms with E-state index in [1.54, 1.807) is 0 Å². The minimum Gasteiger partial charge on any atom is -0.487 e. The zero-order valence-electron chi connectivity index (χ0n) is 18.9. The summed E-state index contributed by atoms with van der Waals surface area (Å²) in [5, 5.41) is 4.34. The van der Waals surface area contributed by atoms with Crippen molar-refractivity contribution >= 4 is 28.2 Å². The average Bonchev–Trinajstić information content (AvgIpc) is 3.53. The van der Waals surface area contributed by atoms with Gasteiger partial charge in [-0.25, -0.2) is 0 Å². The number of carbonyl (C=O) groups excluding carboxylic acids is 1. The van der Waals surface area contributed by atoms with Crippen LogP contribution in [0.4, 0.5) is 11.4 Å². The number of H-pyrrole nitrogens is 1. The summed E-state index contributed by atoms with van der Waals surface area (Å²) in [5.41, 5.74) is 4.95. The Morgan fingerprint density at radius 2 is 1.74 bits per heavy atom. The van der Waals surface area contributed by atoms with Crippen molar-refractivity contribution in [3.63, 3.8) is 0 Å². The van der Waals surface area contributed by atoms with Crippen LogP contribution in [0.15, 0.2) is 78.9 Å². The third-order valence-corrected chi connectivity index (χ3v) is 6.77. The third-order valence-electron chi connectivity index (χ3n) is 6.77. The molecule has 0 atom stereocenters. The van der Waals surface area contributed by atoms with Crippen LogP contribution in [0.25, 0.3) is 10.9 Å². The molecule has 1 aromatic heterocycles. The first-order valence-corrected chi connectivity index (χ1v) is 11.8. The maximum absolute atomic E-state index is 13.3. The highest BCUT2D eigenvalue weighted by Crippen LogP contribution is 2.36. The molecule has 3 heterocycles. The molecule has 0 aliphatic carbocycles. The molecule has 6 rings (SSSR count). The summed E-state index contributed by atoms with van der Waals surface area (Å²) in [6.07, 6.45) is 1.87. The lowest BCUT2D eigenvalue weighted by Gasteiger charge is -2.37. The van der Waals surface area contributed by atoms with Gasteiger partial charge in [-0.2, -0.15) is 0 Å². The van der Waals surface area contributed by atoms with Gasteiger partial charge in [0.25, 0.3) is 5.91 Å². The zero-order valence-corrected chi connectivity index (χ0v) is 18.9. The Morgan fingerprint density at radius 3 is 2.59 bits per heavy atom. The molecule has 0 unspecified atom stereocenters. The molecule has 2 N–H and O–H groups in total. The van der Waals surface area contributed by atoms with Crippen molar-refractivity contribution in [1.29, 1.82) is 0 Å². The number of benzene rings is 3. The van der Waals surface area contributed by atoms with Crippen LogP contribution < -0.4 is 15.0 Å². The summed E-state index contributed by atoms with van der Waals surface area (Å²) in [6, 6.07) is 26.7. The minimum absolute atomic E-state index is 0.0487. The number of carbonyl (C=O) groups is 1. The van der Waals surface area contributed by atoms with Crippen molar-refractivity contribution in [1.82, 2.24) is 9.88 Å². The quantitative estimate of drug-likeness (QED) is 0.426. The molecule has 34 heavy (non-hydrogen) atoms. The summed E-state index contributed by atoms with van der Waals surface area (Å²) in [4.78, 5) is 20.9. The molecule has 171 valence electrons. The number of nitrogens with zero attached hydrogens (tertiary/aromatic N) is 2. The van der Waals surface area contributed by atoms with E-state index in [9.17, 15) is 4.79 Å². The second-order valence-electron chi connectivity index (χ2n) is 8.90. The highest BCUT2D eigenvalue weighted by molar-refractivity contribution is 5.99. The van der Waals surface area contributed by atoms with Crippen LogP contribution in [0.2, 0.25) is 0 Å². The van der Waals surface area contributed by atoms with E-state index >= 15 is 0 Å². The summed E-state index contributed by atoms with van der Waals surface area (Å²) < 4.78 is 6.07. The number of aromatic nitrogens is 1. The van der Waals surface area contributed by atoms with E-state index in [4.69, 9.17) is 4.74 Å². The number of piperidine rings is 1. The predicted molar refractivity (Wildman–Crippen MR) is 135 cm³/mol. The van der Waals surface area contributed by atoms with Gasteiger partial charge in [0.1, 0.15) is 24.7 Å². The molecule has 0 bridgehead atoms. The number of anilines is 2. The average molecular weight is 452 g/mol. The topological polar surface area (TPSA) is 60.6 Å². The molecule has 1 fully saturated rings. The van der Waals surface area contributed by atoms with Gasteiger partial charge in [-0.1, -0.05) is 54.6 Å². The molecule has 2 aliphatic rings. The maximum atomic E-state index is 13.3. The molecule has 1 radical (unpaired) electrons. The lowest BCUT2D eigenvalue weighted by atomic mass is 10.0. The lowest BCUT2D eigenvalue weighted by Crippen LogP contribution is -2.45. The van der Waals surface area contributed by atoms with Crippen LogP contribution >= 0.6 is 0 Å². The highest BCUT2D eigenvalue weighted by atomic mass is 16.5. The van der Waals surface area contributed by atoms with Crippen LogP contribution in [0, 0.1) is 6.67 Å². The van der Waals surface area contributed by atoms with Crippen molar-refractivity contribution in [2.45, 2.75) is 25.5 Å². The van der Waals surface area contributed by atoms with Gasteiger partial charge >= 0.3 is 0 Å². The summed E-state index contributed by atoms with van der Waals surface area (Å²) in [6.45, 7) is 4.02. The molecule has 1 amide bonds. The highest BCUT2D eigenvalue weighted by Gasteiger charge is 2.31. The van der Waals surface area contributed by atoms with Crippen LogP contribution in [-0.2, 0) is 6.61 Å². The number of amides is 1. The predicted octanol–water partition coefficient (Wildman–Crippen LogP) is 5.40. The maximum Gasteiger partial charge on any atom is 0.270 e. The number of rotatable bonds is 5. The van der Waals surface area contributed by atoms with Gasteiger partial charge in [-0.15, -0.1) is 0 Å². The van der Waals surface area contributed by atoms with Crippen molar-refractivity contribution in [2.24, 2.45) is 0 Å². The Kier molecular flexibility index (Phi) is 5.34. The molecular weight excluding hydrogens is 424 g/mol. The monoisotopic (exact) mass is 451 g/mol. The SMILES string of the molecule is O=C(c1cc2cccc(OCc3ccccc3)c2[nH]1)N1CCC(N2[CH]Nc3ccccc32)CC1. The molecule has 0 saturated carbocycles. The minimum atomic E-state index is 0.0487. The number of ether oxygens (including phenoxy) is 1. The standard InChI is InChI=1S/C28H27N4O2/c33-28(31-15-13-22(14-16-31)32-19-29-23-10-4-5-11-25(23)32)24-17-21-9-6-12-26(27(21)30-24)34-18-20-7-2-1-3-8-20/h1-12,17,19,22,29-30H,13-16,18H2. The fourth-order valence-electron chi connectivity index (χ4n) is 4.95. The van der Waals surface area contributed by atoms with Gasteiger partial charge in [0.2, 0.25) is 0 Å². The normalized spacial score (nSPS) is 15.9. The summed E-state index contributed by atoms with van der Waals surface area (Å²) >= 11 is 0. The molecule has 6 heteroatoms. The van der Waals surface area contributed by atoms with Crippen LogP contribution in [0.5, 0.6) is 5.75 Å². The van der Waals surface area contributed by atoms with E-state index < -0.39 is 0 Å². The Hall–Kier alpha value is -3.93. The molecule has 3 aromatic carbocycles. The fraction of sp³-hybridized carbons (Fsp3) is 0.214. The molecule has 4 aromatic rings. The van der Waals surface area contributed by atoms with Crippen molar-refractivity contribution in [3.8, 4) is 5.75 Å². The number of para-hydroxylation sites is 3.